The smallest absolute Gasteiger partial charge is 0.321 e. The second-order valence-electron chi connectivity index (χ2n) is 6.65. The first-order valence-electron chi connectivity index (χ1n) is 9.42. The molecular formula is C21H22N6O2. The topological polar surface area (TPSA) is 83.5 Å². The molecule has 29 heavy (non-hydrogen) atoms. The lowest BCUT2D eigenvalue weighted by molar-refractivity contribution is 0.208. The molecule has 0 bridgehead atoms. The average molecular weight is 390 g/mol. The normalized spacial score (nSPS) is 13.8. The molecule has 148 valence electrons. The van der Waals surface area contributed by atoms with Gasteiger partial charge in [0.25, 0.3) is 0 Å². The summed E-state index contributed by atoms with van der Waals surface area (Å²) in [5.41, 5.74) is 2.51. The van der Waals surface area contributed by atoms with Crippen molar-refractivity contribution < 1.29 is 9.53 Å². The van der Waals surface area contributed by atoms with Gasteiger partial charge in [-0.3, -0.25) is 4.98 Å². The van der Waals surface area contributed by atoms with Gasteiger partial charge in [-0.15, -0.1) is 10.2 Å². The second kappa shape index (κ2) is 8.55. The SMILES string of the molecule is COc1cccc(NC(=O)N2CCN(c3ccc(-c4ccncc4)nn3)CC2)c1. The van der Waals surface area contributed by atoms with Crippen LogP contribution in [-0.4, -0.2) is 59.4 Å². The van der Waals surface area contributed by atoms with Crippen LogP contribution in [0.5, 0.6) is 5.75 Å². The number of amides is 2. The first-order valence-corrected chi connectivity index (χ1v) is 9.42. The number of rotatable bonds is 4. The highest BCUT2D eigenvalue weighted by molar-refractivity contribution is 5.89. The molecule has 1 saturated heterocycles. The Labute approximate surface area is 169 Å². The molecule has 3 heterocycles. The second-order valence-corrected chi connectivity index (χ2v) is 6.65. The van der Waals surface area contributed by atoms with Gasteiger partial charge in [0, 0.05) is 55.9 Å². The molecule has 2 aromatic heterocycles. The molecule has 0 atom stereocenters. The molecule has 1 aliphatic rings. The van der Waals surface area contributed by atoms with Gasteiger partial charge in [0.05, 0.1) is 12.8 Å². The third kappa shape index (κ3) is 4.43. The van der Waals surface area contributed by atoms with Crippen LogP contribution in [0.4, 0.5) is 16.3 Å². The summed E-state index contributed by atoms with van der Waals surface area (Å²) in [6.07, 6.45) is 3.47. The van der Waals surface area contributed by atoms with Gasteiger partial charge in [-0.05, 0) is 36.4 Å². The number of nitrogens with one attached hydrogen (secondary N) is 1. The van der Waals surface area contributed by atoms with E-state index in [-0.39, 0.29) is 6.03 Å². The number of hydrogen-bond donors (Lipinski definition) is 1. The Morgan fingerprint density at radius 3 is 2.48 bits per heavy atom. The van der Waals surface area contributed by atoms with Crippen LogP contribution in [0, 0.1) is 0 Å². The number of carbonyl (C=O) groups is 1. The van der Waals surface area contributed by atoms with Crippen LogP contribution in [0.25, 0.3) is 11.3 Å². The Balaban J connectivity index is 1.33. The maximum absolute atomic E-state index is 12.5. The Hall–Kier alpha value is -3.68. The van der Waals surface area contributed by atoms with Gasteiger partial charge < -0.3 is 19.9 Å². The highest BCUT2D eigenvalue weighted by atomic mass is 16.5. The van der Waals surface area contributed by atoms with E-state index in [4.69, 9.17) is 4.74 Å². The Bertz CT molecular complexity index is 956. The largest absolute Gasteiger partial charge is 0.497 e. The van der Waals surface area contributed by atoms with Crippen LogP contribution in [0.3, 0.4) is 0 Å². The lowest BCUT2D eigenvalue weighted by atomic mass is 10.2. The molecule has 2 amide bonds. The van der Waals surface area contributed by atoms with Crippen molar-refractivity contribution in [1.29, 1.82) is 0 Å². The molecular weight excluding hydrogens is 368 g/mol. The minimum absolute atomic E-state index is 0.114. The quantitative estimate of drug-likeness (QED) is 0.738. The van der Waals surface area contributed by atoms with Crippen molar-refractivity contribution in [1.82, 2.24) is 20.1 Å². The number of hydrogen-bond acceptors (Lipinski definition) is 6. The van der Waals surface area contributed by atoms with Gasteiger partial charge in [-0.1, -0.05) is 6.07 Å². The predicted octanol–water partition coefficient (Wildman–Crippen LogP) is 2.90. The van der Waals surface area contributed by atoms with Crippen molar-refractivity contribution in [3.8, 4) is 17.0 Å². The minimum Gasteiger partial charge on any atom is -0.497 e. The van der Waals surface area contributed by atoms with Gasteiger partial charge in [-0.25, -0.2) is 4.79 Å². The zero-order valence-corrected chi connectivity index (χ0v) is 16.2. The summed E-state index contributed by atoms with van der Waals surface area (Å²) in [7, 11) is 1.60. The summed E-state index contributed by atoms with van der Waals surface area (Å²) in [4.78, 5) is 20.5. The van der Waals surface area contributed by atoms with E-state index in [9.17, 15) is 4.79 Å². The molecule has 1 fully saturated rings. The Morgan fingerprint density at radius 2 is 1.79 bits per heavy atom. The summed E-state index contributed by atoms with van der Waals surface area (Å²) in [6, 6.07) is 15.0. The molecule has 1 aromatic carbocycles. The number of aromatic nitrogens is 3. The van der Waals surface area contributed by atoms with Gasteiger partial charge >= 0.3 is 6.03 Å². The molecule has 0 radical (unpaired) electrons. The number of pyridine rings is 1. The van der Waals surface area contributed by atoms with E-state index in [0.29, 0.717) is 37.6 Å². The first kappa shape index (κ1) is 18.7. The van der Waals surface area contributed by atoms with Crippen molar-refractivity contribution in [3.63, 3.8) is 0 Å². The lowest BCUT2D eigenvalue weighted by Crippen LogP contribution is -2.50. The van der Waals surface area contributed by atoms with Crippen LogP contribution in [0.1, 0.15) is 0 Å². The molecule has 0 aliphatic carbocycles. The molecule has 4 rings (SSSR count). The van der Waals surface area contributed by atoms with Crippen LogP contribution < -0.4 is 15.0 Å². The summed E-state index contributed by atoms with van der Waals surface area (Å²) < 4.78 is 5.19. The zero-order chi connectivity index (χ0) is 20.1. The van der Waals surface area contributed by atoms with Crippen LogP contribution in [-0.2, 0) is 0 Å². The van der Waals surface area contributed by atoms with Crippen LogP contribution >= 0.6 is 0 Å². The van der Waals surface area contributed by atoms with Gasteiger partial charge in [0.15, 0.2) is 5.82 Å². The lowest BCUT2D eigenvalue weighted by Gasteiger charge is -2.35. The van der Waals surface area contributed by atoms with E-state index < -0.39 is 0 Å². The predicted molar refractivity (Wildman–Crippen MR) is 111 cm³/mol. The van der Waals surface area contributed by atoms with Gasteiger partial charge in [0.2, 0.25) is 0 Å². The number of nitrogens with zero attached hydrogens (tertiary/aromatic N) is 5. The number of anilines is 2. The van der Waals surface area contributed by atoms with Gasteiger partial charge in [-0.2, -0.15) is 0 Å². The molecule has 8 nitrogen and oxygen atoms in total. The molecule has 3 aromatic rings. The molecule has 0 spiro atoms. The van der Waals surface area contributed by atoms with Gasteiger partial charge in [0.1, 0.15) is 5.75 Å². The third-order valence-corrected chi connectivity index (χ3v) is 4.84. The van der Waals surface area contributed by atoms with Crippen molar-refractivity contribution >= 4 is 17.5 Å². The Morgan fingerprint density at radius 1 is 1.00 bits per heavy atom. The van der Waals surface area contributed by atoms with Crippen molar-refractivity contribution in [3.05, 3.63) is 60.9 Å². The minimum atomic E-state index is -0.114. The number of ether oxygens (including phenoxy) is 1. The molecule has 0 unspecified atom stereocenters. The average Bonchev–Trinajstić information content (AvgIpc) is 2.80. The van der Waals surface area contributed by atoms with E-state index in [1.54, 1.807) is 30.5 Å². The van der Waals surface area contributed by atoms with Crippen molar-refractivity contribution in [2.75, 3.05) is 43.5 Å². The molecule has 1 N–H and O–H groups in total. The van der Waals surface area contributed by atoms with E-state index in [0.717, 1.165) is 17.1 Å². The number of carbonyl (C=O) groups excluding carboxylic acids is 1. The van der Waals surface area contributed by atoms with Crippen molar-refractivity contribution in [2.24, 2.45) is 0 Å². The number of benzene rings is 1. The van der Waals surface area contributed by atoms with E-state index >= 15 is 0 Å². The first-order chi connectivity index (χ1) is 14.2. The maximum Gasteiger partial charge on any atom is 0.321 e. The number of piperazine rings is 1. The van der Waals surface area contributed by atoms with E-state index in [2.05, 4.69) is 25.4 Å². The molecule has 0 saturated carbocycles. The molecule has 1 aliphatic heterocycles. The van der Waals surface area contributed by atoms with E-state index in [1.165, 1.54) is 0 Å². The number of methoxy groups -OCH3 is 1. The summed E-state index contributed by atoms with van der Waals surface area (Å²) in [5.74, 6) is 1.53. The van der Waals surface area contributed by atoms with Crippen LogP contribution in [0.2, 0.25) is 0 Å². The Kier molecular flexibility index (Phi) is 5.51. The zero-order valence-electron chi connectivity index (χ0n) is 16.2. The van der Waals surface area contributed by atoms with Crippen LogP contribution in [0.15, 0.2) is 60.9 Å². The monoisotopic (exact) mass is 390 g/mol. The highest BCUT2D eigenvalue weighted by Gasteiger charge is 2.22. The maximum atomic E-state index is 12.5. The highest BCUT2D eigenvalue weighted by Crippen LogP contribution is 2.20. The fourth-order valence-corrected chi connectivity index (χ4v) is 3.21. The number of urea groups is 1. The summed E-state index contributed by atoms with van der Waals surface area (Å²) in [5, 5.41) is 11.6. The fourth-order valence-electron chi connectivity index (χ4n) is 3.21. The third-order valence-electron chi connectivity index (χ3n) is 4.84. The summed E-state index contributed by atoms with van der Waals surface area (Å²) >= 11 is 0. The van der Waals surface area contributed by atoms with E-state index in [1.807, 2.05) is 42.5 Å². The summed E-state index contributed by atoms with van der Waals surface area (Å²) in [6.45, 7) is 2.64. The fraction of sp³-hybridized carbons (Fsp3) is 0.238. The van der Waals surface area contributed by atoms with Crippen molar-refractivity contribution in [2.45, 2.75) is 0 Å². The molecule has 8 heteroatoms. The standard InChI is InChI=1S/C21H22N6O2/c1-29-18-4-2-3-17(15-18)23-21(28)27-13-11-26(12-14-27)20-6-5-19(24-25-20)16-7-9-22-10-8-16/h2-10,15H,11-14H2,1H3,(H,23,28).